The second-order valence-electron chi connectivity index (χ2n) is 4.37. The van der Waals surface area contributed by atoms with E-state index in [4.69, 9.17) is 0 Å². The van der Waals surface area contributed by atoms with Crippen LogP contribution in [0.3, 0.4) is 0 Å². The molecule has 6 nitrogen and oxygen atoms in total. The summed E-state index contributed by atoms with van der Waals surface area (Å²) in [6.07, 6.45) is -1.80. The van der Waals surface area contributed by atoms with E-state index in [-0.39, 0.29) is 22.0 Å². The van der Waals surface area contributed by atoms with Crippen molar-refractivity contribution in [2.24, 2.45) is 0 Å². The lowest BCUT2D eigenvalue weighted by molar-refractivity contribution is -0.138. The molecule has 3 aromatic rings. The minimum atomic E-state index is -4.58. The van der Waals surface area contributed by atoms with Gasteiger partial charge in [-0.25, -0.2) is 4.68 Å². The maximum atomic E-state index is 12.4. The van der Waals surface area contributed by atoms with Crippen LogP contribution in [0.1, 0.15) is 15.4 Å². The molecule has 3 rings (SSSR count). The third-order valence-electron chi connectivity index (χ3n) is 2.75. The third kappa shape index (κ3) is 3.37. The summed E-state index contributed by atoms with van der Waals surface area (Å²) < 4.78 is 38.8. The highest BCUT2D eigenvalue weighted by Crippen LogP contribution is 2.33. The van der Waals surface area contributed by atoms with Crippen molar-refractivity contribution in [3.63, 3.8) is 0 Å². The number of carbonyl (C=O) groups is 1. The van der Waals surface area contributed by atoms with Crippen LogP contribution in [-0.2, 0) is 6.18 Å². The van der Waals surface area contributed by atoms with Crippen molar-refractivity contribution in [2.45, 2.75) is 6.18 Å². The quantitative estimate of drug-likeness (QED) is 0.796. The topological polar surface area (TPSA) is 72.7 Å². The highest BCUT2D eigenvalue weighted by molar-refractivity contribution is 7.15. The molecule has 0 bridgehead atoms. The van der Waals surface area contributed by atoms with E-state index in [0.29, 0.717) is 0 Å². The maximum absolute atomic E-state index is 12.4. The fraction of sp³-hybridized carbons (Fsp3) is 0.0769. The molecule has 0 unspecified atom stereocenters. The van der Waals surface area contributed by atoms with Crippen molar-refractivity contribution in [3.8, 4) is 5.69 Å². The lowest BCUT2D eigenvalue weighted by Gasteiger charge is -2.00. The molecule has 1 amide bonds. The molecule has 118 valence electrons. The van der Waals surface area contributed by atoms with E-state index in [2.05, 4.69) is 20.6 Å². The Balaban J connectivity index is 1.74. The minimum absolute atomic E-state index is 0.192. The number of aromatic nitrogens is 4. The molecule has 1 N–H and O–H groups in total. The monoisotopic (exact) mass is 339 g/mol. The molecular weight excluding hydrogens is 331 g/mol. The zero-order valence-corrected chi connectivity index (χ0v) is 12.1. The average Bonchev–Trinajstić information content (AvgIpc) is 3.16. The van der Waals surface area contributed by atoms with E-state index in [9.17, 15) is 18.0 Å². The molecule has 0 aliphatic heterocycles. The fourth-order valence-electron chi connectivity index (χ4n) is 1.72. The van der Waals surface area contributed by atoms with Crippen molar-refractivity contribution in [2.75, 3.05) is 5.32 Å². The molecule has 0 saturated heterocycles. The van der Waals surface area contributed by atoms with Crippen molar-refractivity contribution >= 4 is 22.4 Å². The maximum Gasteiger partial charge on any atom is 0.445 e. The Bertz CT molecular complexity index is 828. The molecule has 1 aromatic carbocycles. The van der Waals surface area contributed by atoms with Gasteiger partial charge < -0.3 is 0 Å². The van der Waals surface area contributed by atoms with Gasteiger partial charge in [-0.2, -0.15) is 18.3 Å². The van der Waals surface area contributed by atoms with Crippen LogP contribution >= 0.6 is 11.3 Å². The molecule has 0 aliphatic rings. The molecule has 0 aliphatic carbocycles. The smallest absolute Gasteiger partial charge is 0.296 e. The van der Waals surface area contributed by atoms with Crippen LogP contribution in [0.25, 0.3) is 5.69 Å². The number of amides is 1. The van der Waals surface area contributed by atoms with Crippen LogP contribution in [0.2, 0.25) is 0 Å². The predicted octanol–water partition coefficient (Wildman–Crippen LogP) is 2.99. The molecule has 0 saturated carbocycles. The number of hydrogen-bond donors (Lipinski definition) is 1. The van der Waals surface area contributed by atoms with E-state index in [1.165, 1.54) is 17.1 Å². The Morgan fingerprint density at radius 3 is 2.57 bits per heavy atom. The van der Waals surface area contributed by atoms with Gasteiger partial charge in [0.25, 0.3) is 5.91 Å². The Morgan fingerprint density at radius 1 is 1.17 bits per heavy atom. The first-order valence-electron chi connectivity index (χ1n) is 6.25. The molecule has 0 spiro atoms. The standard InChI is InChI=1S/C13H8F3N5OS/c14-13(15,16)11-19-20-12(23-11)18-10(22)8-6-17-21(7-8)9-4-2-1-3-5-9/h1-7H,(H,18,20,22). The van der Waals surface area contributed by atoms with Crippen LogP contribution in [0.15, 0.2) is 42.7 Å². The Kier molecular flexibility index (Phi) is 3.82. The number of nitrogens with zero attached hydrogens (tertiary/aromatic N) is 4. The summed E-state index contributed by atoms with van der Waals surface area (Å²) in [5.41, 5.74) is 0.944. The number of alkyl halides is 3. The van der Waals surface area contributed by atoms with Crippen LogP contribution in [0.5, 0.6) is 0 Å². The zero-order chi connectivity index (χ0) is 16.4. The lowest BCUT2D eigenvalue weighted by atomic mass is 10.3. The second kappa shape index (κ2) is 5.80. The molecule has 0 fully saturated rings. The van der Waals surface area contributed by atoms with E-state index >= 15 is 0 Å². The number of benzene rings is 1. The number of anilines is 1. The fourth-order valence-corrected chi connectivity index (χ4v) is 2.33. The second-order valence-corrected chi connectivity index (χ2v) is 5.35. The minimum Gasteiger partial charge on any atom is -0.296 e. The summed E-state index contributed by atoms with van der Waals surface area (Å²) >= 11 is 0.260. The number of para-hydroxylation sites is 1. The molecule has 0 atom stereocenters. The van der Waals surface area contributed by atoms with Crippen LogP contribution in [0.4, 0.5) is 18.3 Å². The number of carbonyl (C=O) groups excluding carboxylic acids is 1. The largest absolute Gasteiger partial charge is 0.445 e. The van der Waals surface area contributed by atoms with E-state index < -0.39 is 17.1 Å². The zero-order valence-electron chi connectivity index (χ0n) is 11.3. The van der Waals surface area contributed by atoms with Crippen LogP contribution in [-0.4, -0.2) is 25.9 Å². The SMILES string of the molecule is O=C(Nc1nnc(C(F)(F)F)s1)c1cnn(-c2ccccc2)c1. The molecule has 2 heterocycles. The lowest BCUT2D eigenvalue weighted by Crippen LogP contribution is -2.10. The van der Waals surface area contributed by atoms with Crippen LogP contribution < -0.4 is 5.32 Å². The van der Waals surface area contributed by atoms with Gasteiger partial charge in [0.2, 0.25) is 10.1 Å². The molecular formula is C13H8F3N5OS. The predicted molar refractivity (Wildman–Crippen MR) is 76.4 cm³/mol. The first-order chi connectivity index (χ1) is 10.9. The van der Waals surface area contributed by atoms with E-state index in [1.807, 2.05) is 18.2 Å². The third-order valence-corrected chi connectivity index (χ3v) is 3.64. The first-order valence-corrected chi connectivity index (χ1v) is 7.07. The highest BCUT2D eigenvalue weighted by atomic mass is 32.1. The van der Waals surface area contributed by atoms with Gasteiger partial charge in [-0.15, -0.1) is 10.2 Å². The van der Waals surface area contributed by atoms with Gasteiger partial charge in [-0.1, -0.05) is 29.5 Å². The van der Waals surface area contributed by atoms with Gasteiger partial charge in [0.1, 0.15) is 0 Å². The number of rotatable bonds is 3. The first kappa shape index (κ1) is 15.2. The summed E-state index contributed by atoms with van der Waals surface area (Å²) in [5.74, 6) is -0.614. The molecule has 23 heavy (non-hydrogen) atoms. The Morgan fingerprint density at radius 2 is 1.91 bits per heavy atom. The number of halogens is 3. The van der Waals surface area contributed by atoms with E-state index in [0.717, 1.165) is 5.69 Å². The van der Waals surface area contributed by atoms with Gasteiger partial charge in [-0.05, 0) is 12.1 Å². The van der Waals surface area contributed by atoms with Gasteiger partial charge in [0.05, 0.1) is 17.4 Å². The summed E-state index contributed by atoms with van der Waals surface area (Å²) in [7, 11) is 0. The van der Waals surface area contributed by atoms with Crippen LogP contribution in [0, 0.1) is 0 Å². The molecule has 0 radical (unpaired) electrons. The number of nitrogens with one attached hydrogen (secondary N) is 1. The number of hydrogen-bond acceptors (Lipinski definition) is 5. The molecule has 10 heteroatoms. The summed E-state index contributed by atoms with van der Waals surface area (Å²) in [5, 5.41) is 11.3. The van der Waals surface area contributed by atoms with Crippen molar-refractivity contribution in [1.29, 1.82) is 0 Å². The average molecular weight is 339 g/mol. The normalized spacial score (nSPS) is 11.4. The highest BCUT2D eigenvalue weighted by Gasteiger charge is 2.35. The van der Waals surface area contributed by atoms with Gasteiger partial charge >= 0.3 is 6.18 Å². The van der Waals surface area contributed by atoms with Crippen molar-refractivity contribution in [3.05, 3.63) is 53.3 Å². The molecule has 2 aromatic heterocycles. The van der Waals surface area contributed by atoms with Crippen molar-refractivity contribution in [1.82, 2.24) is 20.0 Å². The van der Waals surface area contributed by atoms with Gasteiger partial charge in [0.15, 0.2) is 0 Å². The summed E-state index contributed by atoms with van der Waals surface area (Å²) in [6, 6.07) is 9.08. The summed E-state index contributed by atoms with van der Waals surface area (Å²) in [4.78, 5) is 12.0. The van der Waals surface area contributed by atoms with Gasteiger partial charge in [-0.3, -0.25) is 10.1 Å². The Hall–Kier alpha value is -2.75. The van der Waals surface area contributed by atoms with Gasteiger partial charge in [0, 0.05) is 6.20 Å². The summed E-state index contributed by atoms with van der Waals surface area (Å²) in [6.45, 7) is 0. The Labute approximate surface area is 131 Å². The van der Waals surface area contributed by atoms with Crippen molar-refractivity contribution < 1.29 is 18.0 Å². The van der Waals surface area contributed by atoms with E-state index in [1.54, 1.807) is 12.1 Å².